The minimum absolute atomic E-state index is 0.0560. The minimum Gasteiger partial charge on any atom is -0.389 e. The topological polar surface area (TPSA) is 68.0 Å². The Hall–Kier alpha value is -1.79. The van der Waals surface area contributed by atoms with Gasteiger partial charge in [-0.2, -0.15) is 0 Å². The van der Waals surface area contributed by atoms with Crippen LogP contribution in [0.2, 0.25) is 0 Å². The van der Waals surface area contributed by atoms with Crippen molar-refractivity contribution in [3.05, 3.63) is 51.0 Å². The van der Waals surface area contributed by atoms with Crippen LogP contribution in [0.1, 0.15) is 44.3 Å². The third-order valence-corrected chi connectivity index (χ3v) is 4.39. The molecule has 0 fully saturated rings. The van der Waals surface area contributed by atoms with Gasteiger partial charge in [0.25, 0.3) is 5.91 Å². The highest BCUT2D eigenvalue weighted by atomic mass is 32.1. The predicted octanol–water partition coefficient (Wildman–Crippen LogP) is 2.89. The van der Waals surface area contributed by atoms with Gasteiger partial charge in [0, 0.05) is 21.5 Å². The van der Waals surface area contributed by atoms with E-state index in [0.29, 0.717) is 11.3 Å². The van der Waals surface area contributed by atoms with Crippen molar-refractivity contribution in [2.45, 2.75) is 26.8 Å². The van der Waals surface area contributed by atoms with Crippen LogP contribution in [0.3, 0.4) is 0 Å². The van der Waals surface area contributed by atoms with E-state index >= 15 is 0 Å². The molecule has 0 aliphatic carbocycles. The summed E-state index contributed by atoms with van der Waals surface area (Å²) in [5.74, 6) is -0.208. The molecule has 1 unspecified atom stereocenters. The van der Waals surface area contributed by atoms with Gasteiger partial charge in [-0.25, -0.2) is 0 Å². The second-order valence-corrected chi connectivity index (χ2v) is 6.76. The standard InChI is InChI=1S/C15H17N3OS2/c1-8-6-12(10(3)21-8)9(2)18-15(19)13-5-4-11(7-17-13)14(16)20/h4-7,9H,1-3H3,(H2,16,20)(H,18,19). The van der Waals surface area contributed by atoms with Crippen molar-refractivity contribution in [2.24, 2.45) is 5.73 Å². The highest BCUT2D eigenvalue weighted by molar-refractivity contribution is 7.80. The monoisotopic (exact) mass is 319 g/mol. The lowest BCUT2D eigenvalue weighted by atomic mass is 10.1. The number of thiophene rings is 1. The Labute approximate surface area is 133 Å². The quantitative estimate of drug-likeness (QED) is 0.850. The zero-order valence-electron chi connectivity index (χ0n) is 12.1. The molecule has 2 aromatic rings. The highest BCUT2D eigenvalue weighted by Gasteiger charge is 2.15. The van der Waals surface area contributed by atoms with Gasteiger partial charge in [-0.1, -0.05) is 12.2 Å². The number of carbonyl (C=O) groups is 1. The Bertz CT molecular complexity index is 677. The summed E-state index contributed by atoms with van der Waals surface area (Å²) in [4.78, 5) is 19.0. The smallest absolute Gasteiger partial charge is 0.270 e. The molecule has 0 radical (unpaired) electrons. The third-order valence-electron chi connectivity index (χ3n) is 3.17. The van der Waals surface area contributed by atoms with Crippen LogP contribution in [-0.2, 0) is 0 Å². The molecule has 0 saturated heterocycles. The maximum atomic E-state index is 12.2. The summed E-state index contributed by atoms with van der Waals surface area (Å²) in [6.45, 7) is 6.09. The van der Waals surface area contributed by atoms with Crippen LogP contribution in [0.5, 0.6) is 0 Å². The van der Waals surface area contributed by atoms with Gasteiger partial charge in [-0.3, -0.25) is 9.78 Å². The lowest BCUT2D eigenvalue weighted by molar-refractivity contribution is 0.0935. The number of nitrogens with one attached hydrogen (secondary N) is 1. The number of nitrogens with zero attached hydrogens (tertiary/aromatic N) is 1. The molecule has 110 valence electrons. The van der Waals surface area contributed by atoms with Crippen LogP contribution in [0.15, 0.2) is 24.4 Å². The van der Waals surface area contributed by atoms with Crippen molar-refractivity contribution < 1.29 is 4.79 Å². The molecule has 21 heavy (non-hydrogen) atoms. The second kappa shape index (κ2) is 6.32. The van der Waals surface area contributed by atoms with Crippen LogP contribution in [-0.4, -0.2) is 15.9 Å². The first-order chi connectivity index (χ1) is 9.88. The number of carbonyl (C=O) groups excluding carboxylic acids is 1. The summed E-state index contributed by atoms with van der Waals surface area (Å²) < 4.78 is 0. The first kappa shape index (κ1) is 15.6. The van der Waals surface area contributed by atoms with Gasteiger partial charge in [0.1, 0.15) is 10.7 Å². The van der Waals surface area contributed by atoms with E-state index in [1.165, 1.54) is 16.0 Å². The number of thiocarbonyl (C=S) groups is 1. The molecule has 0 aliphatic heterocycles. The van der Waals surface area contributed by atoms with Gasteiger partial charge in [0.2, 0.25) is 0 Å². The molecule has 1 amide bonds. The lowest BCUT2D eigenvalue weighted by Gasteiger charge is -2.13. The van der Waals surface area contributed by atoms with Crippen molar-refractivity contribution in [2.75, 3.05) is 0 Å². The van der Waals surface area contributed by atoms with Crippen LogP contribution in [0, 0.1) is 13.8 Å². The van der Waals surface area contributed by atoms with E-state index in [1.807, 2.05) is 6.92 Å². The summed E-state index contributed by atoms with van der Waals surface area (Å²) in [6.07, 6.45) is 1.52. The molecule has 2 aromatic heterocycles. The fourth-order valence-corrected chi connectivity index (χ4v) is 3.25. The van der Waals surface area contributed by atoms with E-state index in [4.69, 9.17) is 18.0 Å². The van der Waals surface area contributed by atoms with E-state index < -0.39 is 0 Å². The molecule has 0 aliphatic rings. The Morgan fingerprint density at radius 3 is 2.62 bits per heavy atom. The Kier molecular flexibility index (Phi) is 4.69. The number of hydrogen-bond donors (Lipinski definition) is 2. The highest BCUT2D eigenvalue weighted by Crippen LogP contribution is 2.26. The Balaban J connectivity index is 2.10. The summed E-state index contributed by atoms with van der Waals surface area (Å²) in [7, 11) is 0. The normalized spacial score (nSPS) is 12.0. The van der Waals surface area contributed by atoms with Crippen molar-refractivity contribution in [3.8, 4) is 0 Å². The lowest BCUT2D eigenvalue weighted by Crippen LogP contribution is -2.27. The molecular formula is C15H17N3OS2. The molecule has 1 atom stereocenters. The van der Waals surface area contributed by atoms with Gasteiger partial charge in [-0.15, -0.1) is 11.3 Å². The second-order valence-electron chi connectivity index (χ2n) is 4.86. The third kappa shape index (κ3) is 3.65. The number of aromatic nitrogens is 1. The average Bonchev–Trinajstić information content (AvgIpc) is 2.77. The number of nitrogens with two attached hydrogens (primary N) is 1. The maximum absolute atomic E-state index is 12.2. The SMILES string of the molecule is Cc1cc(C(C)NC(=O)c2ccc(C(N)=S)cn2)c(C)s1. The number of pyridine rings is 1. The Morgan fingerprint density at radius 2 is 2.14 bits per heavy atom. The van der Waals surface area contributed by atoms with Crippen LogP contribution < -0.4 is 11.1 Å². The first-order valence-corrected chi connectivity index (χ1v) is 7.74. The van der Waals surface area contributed by atoms with E-state index in [-0.39, 0.29) is 16.9 Å². The number of rotatable bonds is 4. The molecule has 0 saturated carbocycles. The molecule has 0 bridgehead atoms. The number of aryl methyl sites for hydroxylation is 2. The van der Waals surface area contributed by atoms with Gasteiger partial charge in [-0.05, 0) is 44.5 Å². The van der Waals surface area contributed by atoms with Gasteiger partial charge < -0.3 is 11.1 Å². The molecule has 6 heteroatoms. The molecule has 0 aromatic carbocycles. The molecule has 3 N–H and O–H groups in total. The average molecular weight is 319 g/mol. The van der Waals surface area contributed by atoms with Gasteiger partial charge >= 0.3 is 0 Å². The minimum atomic E-state index is -0.208. The van der Waals surface area contributed by atoms with E-state index in [0.717, 1.165) is 5.56 Å². The van der Waals surface area contributed by atoms with E-state index in [1.54, 1.807) is 23.5 Å². The van der Waals surface area contributed by atoms with Crippen molar-refractivity contribution >= 4 is 34.5 Å². The molecule has 2 heterocycles. The largest absolute Gasteiger partial charge is 0.389 e. The number of amides is 1. The maximum Gasteiger partial charge on any atom is 0.270 e. The molecule has 4 nitrogen and oxygen atoms in total. The fourth-order valence-electron chi connectivity index (χ4n) is 2.10. The van der Waals surface area contributed by atoms with Gasteiger partial charge in [0.05, 0.1) is 6.04 Å². The van der Waals surface area contributed by atoms with Crippen molar-refractivity contribution in [1.82, 2.24) is 10.3 Å². The van der Waals surface area contributed by atoms with Crippen LogP contribution in [0.4, 0.5) is 0 Å². The summed E-state index contributed by atoms with van der Waals surface area (Å²) in [6, 6.07) is 5.38. The van der Waals surface area contributed by atoms with E-state index in [9.17, 15) is 4.79 Å². The van der Waals surface area contributed by atoms with Crippen LogP contribution in [0.25, 0.3) is 0 Å². The summed E-state index contributed by atoms with van der Waals surface area (Å²) in [5, 5.41) is 2.96. The fraction of sp³-hybridized carbons (Fsp3) is 0.267. The summed E-state index contributed by atoms with van der Waals surface area (Å²) >= 11 is 6.59. The van der Waals surface area contributed by atoms with Crippen molar-refractivity contribution in [1.29, 1.82) is 0 Å². The predicted molar refractivity (Wildman–Crippen MR) is 89.8 cm³/mol. The number of hydrogen-bond acceptors (Lipinski definition) is 4. The zero-order valence-corrected chi connectivity index (χ0v) is 13.8. The van der Waals surface area contributed by atoms with Crippen LogP contribution >= 0.6 is 23.6 Å². The van der Waals surface area contributed by atoms with E-state index in [2.05, 4.69) is 30.2 Å². The summed E-state index contributed by atoms with van der Waals surface area (Å²) in [5.41, 5.74) is 7.66. The molecule has 0 spiro atoms. The Morgan fingerprint density at radius 1 is 1.43 bits per heavy atom. The van der Waals surface area contributed by atoms with Crippen molar-refractivity contribution in [3.63, 3.8) is 0 Å². The molecule has 2 rings (SSSR count). The first-order valence-electron chi connectivity index (χ1n) is 6.52. The van der Waals surface area contributed by atoms with Gasteiger partial charge in [0.15, 0.2) is 0 Å². The molecular weight excluding hydrogens is 302 g/mol. The zero-order chi connectivity index (χ0) is 15.6.